The Morgan fingerprint density at radius 2 is 2.00 bits per heavy atom. The summed E-state index contributed by atoms with van der Waals surface area (Å²) in [6, 6.07) is 7.93. The highest BCUT2D eigenvalue weighted by molar-refractivity contribution is 6.01. The maximum absolute atomic E-state index is 12.4. The molecular weight excluding hydrogens is 226 g/mol. The molecule has 0 spiro atoms. The van der Waals surface area contributed by atoms with Crippen molar-refractivity contribution in [2.45, 2.75) is 26.2 Å². The zero-order chi connectivity index (χ0) is 13.2. The smallest absolute Gasteiger partial charge is 0.174 e. The summed E-state index contributed by atoms with van der Waals surface area (Å²) in [7, 11) is 0. The minimum Gasteiger partial charge on any atom is -0.379 e. The van der Waals surface area contributed by atoms with Gasteiger partial charge in [-0.2, -0.15) is 0 Å². The molecule has 1 heterocycles. The van der Waals surface area contributed by atoms with Crippen molar-refractivity contribution >= 4 is 5.78 Å². The first kappa shape index (κ1) is 13.2. The molecule has 18 heavy (non-hydrogen) atoms. The number of Topliss-reactive ketones (excluding diaryl/α,β-unsaturated/α-hetero) is 1. The van der Waals surface area contributed by atoms with E-state index in [0.29, 0.717) is 25.7 Å². The number of hydrogen-bond acceptors (Lipinski definition) is 3. The molecule has 2 N–H and O–H groups in total. The van der Waals surface area contributed by atoms with Crippen LogP contribution in [0.15, 0.2) is 24.3 Å². The standard InChI is InChI=1S/C15H21NO2/c1-3-11(2)12-4-6-13(7-5-12)14(17)15(8-16)9-18-10-15/h4-7,11H,3,8-10,16H2,1-2H3. The fraction of sp³-hybridized carbons (Fsp3) is 0.533. The second-order valence-corrected chi connectivity index (χ2v) is 5.24. The van der Waals surface area contributed by atoms with Gasteiger partial charge in [-0.3, -0.25) is 4.79 Å². The van der Waals surface area contributed by atoms with Gasteiger partial charge in [-0.25, -0.2) is 0 Å². The molecule has 1 aromatic rings. The van der Waals surface area contributed by atoms with Crippen molar-refractivity contribution < 1.29 is 9.53 Å². The largest absolute Gasteiger partial charge is 0.379 e. The second-order valence-electron chi connectivity index (χ2n) is 5.24. The van der Waals surface area contributed by atoms with Gasteiger partial charge in [0.05, 0.1) is 18.6 Å². The number of nitrogens with two attached hydrogens (primary N) is 1. The van der Waals surface area contributed by atoms with E-state index in [4.69, 9.17) is 10.5 Å². The molecule has 0 bridgehead atoms. The molecule has 0 aromatic heterocycles. The minimum absolute atomic E-state index is 0.118. The number of ether oxygens (including phenoxy) is 1. The van der Waals surface area contributed by atoms with Crippen molar-refractivity contribution in [3.63, 3.8) is 0 Å². The summed E-state index contributed by atoms with van der Waals surface area (Å²) >= 11 is 0. The normalized spacial score (nSPS) is 19.1. The number of hydrogen-bond donors (Lipinski definition) is 1. The highest BCUT2D eigenvalue weighted by atomic mass is 16.5. The van der Waals surface area contributed by atoms with E-state index < -0.39 is 5.41 Å². The summed E-state index contributed by atoms with van der Waals surface area (Å²) in [5, 5.41) is 0. The van der Waals surface area contributed by atoms with Crippen LogP contribution in [-0.4, -0.2) is 25.5 Å². The topological polar surface area (TPSA) is 52.3 Å². The Kier molecular flexibility index (Phi) is 3.83. The van der Waals surface area contributed by atoms with E-state index in [1.54, 1.807) is 0 Å². The SMILES string of the molecule is CCC(C)c1ccc(C(=O)C2(CN)COC2)cc1. The average molecular weight is 247 g/mol. The number of ketones is 1. The lowest BCUT2D eigenvalue weighted by atomic mass is 9.78. The molecule has 2 rings (SSSR count). The van der Waals surface area contributed by atoms with Crippen molar-refractivity contribution in [3.8, 4) is 0 Å². The summed E-state index contributed by atoms with van der Waals surface area (Å²) in [6.07, 6.45) is 1.11. The molecule has 1 aromatic carbocycles. The van der Waals surface area contributed by atoms with Gasteiger partial charge in [0.2, 0.25) is 0 Å². The molecule has 0 radical (unpaired) electrons. The maximum Gasteiger partial charge on any atom is 0.174 e. The van der Waals surface area contributed by atoms with Crippen LogP contribution in [0.25, 0.3) is 0 Å². The first-order valence-electron chi connectivity index (χ1n) is 6.55. The summed E-state index contributed by atoms with van der Waals surface area (Å²) in [4.78, 5) is 12.4. The maximum atomic E-state index is 12.4. The van der Waals surface area contributed by atoms with Crippen LogP contribution in [0, 0.1) is 5.41 Å². The summed E-state index contributed by atoms with van der Waals surface area (Å²) in [6.45, 7) is 5.63. The lowest BCUT2D eigenvalue weighted by Crippen LogP contribution is -2.54. The minimum atomic E-state index is -0.474. The fourth-order valence-corrected chi connectivity index (χ4v) is 2.20. The van der Waals surface area contributed by atoms with Crippen LogP contribution in [0.5, 0.6) is 0 Å². The van der Waals surface area contributed by atoms with Crippen molar-refractivity contribution in [1.29, 1.82) is 0 Å². The third-order valence-corrected chi connectivity index (χ3v) is 3.98. The summed E-state index contributed by atoms with van der Waals surface area (Å²) < 4.78 is 5.15. The van der Waals surface area contributed by atoms with E-state index in [0.717, 1.165) is 12.0 Å². The van der Waals surface area contributed by atoms with Gasteiger partial charge >= 0.3 is 0 Å². The number of benzene rings is 1. The Balaban J connectivity index is 2.17. The van der Waals surface area contributed by atoms with Gasteiger partial charge in [-0.1, -0.05) is 38.1 Å². The molecule has 3 nitrogen and oxygen atoms in total. The fourth-order valence-electron chi connectivity index (χ4n) is 2.20. The first-order valence-corrected chi connectivity index (χ1v) is 6.55. The molecule has 1 aliphatic heterocycles. The average Bonchev–Trinajstić information content (AvgIpc) is 2.37. The highest BCUT2D eigenvalue weighted by Gasteiger charge is 2.44. The Bertz CT molecular complexity index is 415. The summed E-state index contributed by atoms with van der Waals surface area (Å²) in [5.74, 6) is 0.650. The van der Waals surface area contributed by atoms with Crippen molar-refractivity contribution in [1.82, 2.24) is 0 Å². The predicted octanol–water partition coefficient (Wildman–Crippen LogP) is 2.36. The second kappa shape index (κ2) is 5.21. The van der Waals surface area contributed by atoms with Crippen LogP contribution in [-0.2, 0) is 4.74 Å². The van der Waals surface area contributed by atoms with Crippen LogP contribution in [0.1, 0.15) is 42.1 Å². The summed E-state index contributed by atoms with van der Waals surface area (Å²) in [5.41, 5.74) is 7.26. The molecule has 1 saturated heterocycles. The molecule has 0 saturated carbocycles. The number of carbonyl (C=O) groups excluding carboxylic acids is 1. The number of carbonyl (C=O) groups is 1. The van der Waals surface area contributed by atoms with E-state index >= 15 is 0 Å². The third kappa shape index (κ3) is 2.20. The Morgan fingerprint density at radius 3 is 2.39 bits per heavy atom. The Labute approximate surface area is 108 Å². The lowest BCUT2D eigenvalue weighted by molar-refractivity contribution is -0.0816. The lowest BCUT2D eigenvalue weighted by Gasteiger charge is -2.38. The highest BCUT2D eigenvalue weighted by Crippen LogP contribution is 2.31. The van der Waals surface area contributed by atoms with Crippen LogP contribution >= 0.6 is 0 Å². The van der Waals surface area contributed by atoms with Gasteiger partial charge in [-0.15, -0.1) is 0 Å². The quantitative estimate of drug-likeness (QED) is 0.813. The van der Waals surface area contributed by atoms with Crippen LogP contribution in [0.2, 0.25) is 0 Å². The Hall–Kier alpha value is -1.19. The first-order chi connectivity index (χ1) is 8.63. The molecule has 1 unspecified atom stereocenters. The van der Waals surface area contributed by atoms with Gasteiger partial charge in [-0.05, 0) is 17.9 Å². The van der Waals surface area contributed by atoms with Gasteiger partial charge in [0, 0.05) is 12.1 Å². The van der Waals surface area contributed by atoms with Gasteiger partial charge in [0.1, 0.15) is 0 Å². The zero-order valence-corrected chi connectivity index (χ0v) is 11.1. The number of rotatable bonds is 5. The molecule has 1 atom stereocenters. The molecular formula is C15H21NO2. The van der Waals surface area contributed by atoms with Gasteiger partial charge in [0.15, 0.2) is 5.78 Å². The molecule has 0 amide bonds. The predicted molar refractivity (Wildman–Crippen MR) is 71.8 cm³/mol. The Morgan fingerprint density at radius 1 is 1.39 bits per heavy atom. The van der Waals surface area contributed by atoms with E-state index in [1.807, 2.05) is 24.3 Å². The zero-order valence-electron chi connectivity index (χ0n) is 11.1. The van der Waals surface area contributed by atoms with Crippen molar-refractivity contribution in [2.75, 3.05) is 19.8 Å². The monoisotopic (exact) mass is 247 g/mol. The van der Waals surface area contributed by atoms with Crippen molar-refractivity contribution in [2.24, 2.45) is 11.1 Å². The van der Waals surface area contributed by atoms with E-state index in [-0.39, 0.29) is 5.78 Å². The molecule has 3 heteroatoms. The van der Waals surface area contributed by atoms with Crippen molar-refractivity contribution in [3.05, 3.63) is 35.4 Å². The molecule has 0 aliphatic carbocycles. The molecule has 1 aliphatic rings. The van der Waals surface area contributed by atoms with Gasteiger partial charge < -0.3 is 10.5 Å². The van der Waals surface area contributed by atoms with E-state index in [2.05, 4.69) is 13.8 Å². The van der Waals surface area contributed by atoms with E-state index in [1.165, 1.54) is 5.56 Å². The van der Waals surface area contributed by atoms with Crippen LogP contribution in [0.4, 0.5) is 0 Å². The van der Waals surface area contributed by atoms with Crippen LogP contribution in [0.3, 0.4) is 0 Å². The van der Waals surface area contributed by atoms with Gasteiger partial charge in [0.25, 0.3) is 0 Å². The van der Waals surface area contributed by atoms with E-state index in [9.17, 15) is 4.79 Å². The molecule has 98 valence electrons. The van der Waals surface area contributed by atoms with Crippen LogP contribution < -0.4 is 5.73 Å². The molecule has 1 fully saturated rings. The third-order valence-electron chi connectivity index (χ3n) is 3.98.